The monoisotopic (exact) mass is 307 g/mol. The van der Waals surface area contributed by atoms with Crippen LogP contribution in [-0.4, -0.2) is 18.8 Å². The van der Waals surface area contributed by atoms with Gasteiger partial charge in [0, 0.05) is 12.6 Å². The van der Waals surface area contributed by atoms with E-state index in [0.29, 0.717) is 12.3 Å². The van der Waals surface area contributed by atoms with Crippen LogP contribution in [0.15, 0.2) is 34.7 Å². The number of hydrogen-bond donors (Lipinski definition) is 2. The zero-order chi connectivity index (χ0) is 16.3. The highest BCUT2D eigenvalue weighted by Crippen LogP contribution is 2.25. The summed E-state index contributed by atoms with van der Waals surface area (Å²) in [6.45, 7) is 5.77. The van der Waals surface area contributed by atoms with Crippen LogP contribution in [0.2, 0.25) is 0 Å². The van der Waals surface area contributed by atoms with E-state index in [-0.39, 0.29) is 11.8 Å². The minimum absolute atomic E-state index is 0.0722. The third-order valence-corrected chi connectivity index (χ3v) is 3.70. The Labute approximate surface area is 129 Å². The summed E-state index contributed by atoms with van der Waals surface area (Å²) < 4.78 is 23.9. The molecule has 0 aliphatic rings. The lowest BCUT2D eigenvalue weighted by Gasteiger charge is -2.24. The van der Waals surface area contributed by atoms with Gasteiger partial charge in [0.15, 0.2) is 11.6 Å². The van der Waals surface area contributed by atoms with Gasteiger partial charge in [-0.1, -0.05) is 6.07 Å². The van der Waals surface area contributed by atoms with Gasteiger partial charge < -0.3 is 19.6 Å². The second-order valence-electron chi connectivity index (χ2n) is 5.68. The lowest BCUT2D eigenvalue weighted by atomic mass is 10.0. The van der Waals surface area contributed by atoms with Gasteiger partial charge in [-0.05, 0) is 50.6 Å². The van der Waals surface area contributed by atoms with E-state index in [1.807, 2.05) is 19.9 Å². The number of nitrogens with one attached hydrogen (secondary N) is 1. The van der Waals surface area contributed by atoms with Crippen molar-refractivity contribution in [3.63, 3.8) is 0 Å². The van der Waals surface area contributed by atoms with E-state index in [1.165, 1.54) is 13.2 Å². The van der Waals surface area contributed by atoms with Crippen molar-refractivity contribution in [3.8, 4) is 5.75 Å². The van der Waals surface area contributed by atoms with E-state index in [0.717, 1.165) is 11.3 Å². The first-order chi connectivity index (χ1) is 10.3. The molecule has 0 radical (unpaired) electrons. The molecule has 0 saturated heterocycles. The van der Waals surface area contributed by atoms with E-state index < -0.39 is 11.4 Å². The van der Waals surface area contributed by atoms with Crippen molar-refractivity contribution < 1.29 is 18.7 Å². The predicted octanol–water partition coefficient (Wildman–Crippen LogP) is 3.29. The lowest BCUT2D eigenvalue weighted by molar-refractivity contribution is 0.0313. The molecule has 0 aliphatic carbocycles. The molecule has 22 heavy (non-hydrogen) atoms. The van der Waals surface area contributed by atoms with Crippen molar-refractivity contribution >= 4 is 0 Å². The maximum absolute atomic E-state index is 13.4. The Morgan fingerprint density at radius 2 is 2.09 bits per heavy atom. The lowest BCUT2D eigenvalue weighted by Crippen LogP contribution is -2.36. The number of benzene rings is 1. The summed E-state index contributed by atoms with van der Waals surface area (Å²) in [5, 5.41) is 13.7. The molecule has 1 aromatic heterocycles. The zero-order valence-corrected chi connectivity index (χ0v) is 13.3. The number of furan rings is 1. The summed E-state index contributed by atoms with van der Waals surface area (Å²) in [6.07, 6.45) is 0. The Kier molecular flexibility index (Phi) is 4.88. The quantitative estimate of drug-likeness (QED) is 0.860. The summed E-state index contributed by atoms with van der Waals surface area (Å²) in [7, 11) is 1.43. The minimum Gasteiger partial charge on any atom is -0.494 e. The number of ether oxygens (including phenoxy) is 1. The van der Waals surface area contributed by atoms with Gasteiger partial charge in [-0.15, -0.1) is 0 Å². The van der Waals surface area contributed by atoms with Gasteiger partial charge in [-0.2, -0.15) is 0 Å². The normalized spacial score (nSPS) is 15.4. The Bertz CT molecular complexity index is 637. The van der Waals surface area contributed by atoms with Crippen molar-refractivity contribution in [2.24, 2.45) is 0 Å². The van der Waals surface area contributed by atoms with Crippen molar-refractivity contribution in [1.82, 2.24) is 5.32 Å². The molecule has 2 N–H and O–H groups in total. The van der Waals surface area contributed by atoms with Crippen LogP contribution in [0.25, 0.3) is 0 Å². The van der Waals surface area contributed by atoms with E-state index in [4.69, 9.17) is 9.15 Å². The molecule has 0 aliphatic heterocycles. The molecule has 0 amide bonds. The third-order valence-electron chi connectivity index (χ3n) is 3.70. The van der Waals surface area contributed by atoms with Crippen LogP contribution in [0, 0.1) is 12.7 Å². The van der Waals surface area contributed by atoms with Gasteiger partial charge in [-0.25, -0.2) is 4.39 Å². The Balaban J connectivity index is 2.04. The predicted molar refractivity (Wildman–Crippen MR) is 82.4 cm³/mol. The van der Waals surface area contributed by atoms with Crippen LogP contribution in [0.1, 0.15) is 37.0 Å². The highest BCUT2D eigenvalue weighted by atomic mass is 19.1. The van der Waals surface area contributed by atoms with E-state index in [9.17, 15) is 9.50 Å². The fraction of sp³-hybridized carbons (Fsp3) is 0.412. The SMILES string of the molecule is COc1cc([C@H](C)NC[C@](C)(O)c2ccc(C)o2)ccc1F. The molecular weight excluding hydrogens is 285 g/mol. The van der Waals surface area contributed by atoms with E-state index >= 15 is 0 Å². The summed E-state index contributed by atoms with van der Waals surface area (Å²) in [5.41, 5.74) is -0.239. The van der Waals surface area contributed by atoms with Gasteiger partial charge >= 0.3 is 0 Å². The molecule has 0 fully saturated rings. The third kappa shape index (κ3) is 3.67. The molecule has 5 heteroatoms. The molecule has 0 unspecified atom stereocenters. The first kappa shape index (κ1) is 16.5. The smallest absolute Gasteiger partial charge is 0.165 e. The van der Waals surface area contributed by atoms with E-state index in [1.54, 1.807) is 25.1 Å². The second kappa shape index (κ2) is 6.50. The van der Waals surface area contributed by atoms with Gasteiger partial charge in [0.1, 0.15) is 17.1 Å². The minimum atomic E-state index is -1.12. The number of aliphatic hydroxyl groups is 1. The van der Waals surface area contributed by atoms with Gasteiger partial charge in [0.05, 0.1) is 7.11 Å². The first-order valence-corrected chi connectivity index (χ1v) is 7.19. The zero-order valence-electron chi connectivity index (χ0n) is 13.3. The number of halogens is 1. The van der Waals surface area contributed by atoms with Crippen molar-refractivity contribution in [1.29, 1.82) is 0 Å². The Hall–Kier alpha value is -1.85. The van der Waals surface area contributed by atoms with Crippen LogP contribution in [0.3, 0.4) is 0 Å². The molecule has 2 atom stereocenters. The van der Waals surface area contributed by atoms with E-state index in [2.05, 4.69) is 5.32 Å². The molecule has 4 nitrogen and oxygen atoms in total. The molecule has 0 bridgehead atoms. The first-order valence-electron chi connectivity index (χ1n) is 7.19. The van der Waals surface area contributed by atoms with Crippen LogP contribution < -0.4 is 10.1 Å². The average Bonchev–Trinajstić information content (AvgIpc) is 2.93. The van der Waals surface area contributed by atoms with Crippen LogP contribution in [0.5, 0.6) is 5.75 Å². The molecule has 2 rings (SSSR count). The maximum atomic E-state index is 13.4. The fourth-order valence-electron chi connectivity index (χ4n) is 2.23. The van der Waals surface area contributed by atoms with Crippen molar-refractivity contribution in [2.45, 2.75) is 32.4 Å². The van der Waals surface area contributed by atoms with Crippen molar-refractivity contribution in [3.05, 3.63) is 53.2 Å². The summed E-state index contributed by atoms with van der Waals surface area (Å²) in [6, 6.07) is 8.23. The van der Waals surface area contributed by atoms with Gasteiger partial charge in [-0.3, -0.25) is 0 Å². The number of methoxy groups -OCH3 is 1. The van der Waals surface area contributed by atoms with Crippen LogP contribution in [0.4, 0.5) is 4.39 Å². The van der Waals surface area contributed by atoms with Crippen molar-refractivity contribution in [2.75, 3.05) is 13.7 Å². The molecule has 120 valence electrons. The number of rotatable bonds is 6. The topological polar surface area (TPSA) is 54.6 Å². The Morgan fingerprint density at radius 1 is 1.36 bits per heavy atom. The molecule has 1 aromatic carbocycles. The molecule has 0 spiro atoms. The van der Waals surface area contributed by atoms with Crippen LogP contribution in [-0.2, 0) is 5.60 Å². The fourth-order valence-corrected chi connectivity index (χ4v) is 2.23. The average molecular weight is 307 g/mol. The second-order valence-corrected chi connectivity index (χ2v) is 5.68. The largest absolute Gasteiger partial charge is 0.494 e. The summed E-state index contributed by atoms with van der Waals surface area (Å²) >= 11 is 0. The number of hydrogen-bond acceptors (Lipinski definition) is 4. The molecule has 1 heterocycles. The maximum Gasteiger partial charge on any atom is 0.165 e. The number of aryl methyl sites for hydroxylation is 1. The molecule has 0 saturated carbocycles. The highest BCUT2D eigenvalue weighted by molar-refractivity contribution is 5.32. The molecule has 2 aromatic rings. The summed E-state index contributed by atoms with van der Waals surface area (Å²) in [5.74, 6) is 1.09. The van der Waals surface area contributed by atoms with Crippen LogP contribution >= 0.6 is 0 Å². The summed E-state index contributed by atoms with van der Waals surface area (Å²) in [4.78, 5) is 0. The molecular formula is C17H22FNO3. The standard InChI is InChI=1S/C17H22FNO3/c1-11-5-8-16(22-11)17(3,20)10-19-12(2)13-6-7-14(18)15(9-13)21-4/h5-9,12,19-20H,10H2,1-4H3/t12-,17-/m0/s1. The van der Waals surface area contributed by atoms with Gasteiger partial charge in [0.25, 0.3) is 0 Å². The Morgan fingerprint density at radius 3 is 2.68 bits per heavy atom. The highest BCUT2D eigenvalue weighted by Gasteiger charge is 2.27. The van der Waals surface area contributed by atoms with Gasteiger partial charge in [0.2, 0.25) is 0 Å².